The van der Waals surface area contributed by atoms with Gasteiger partial charge in [-0.05, 0) is 63.6 Å². The Morgan fingerprint density at radius 1 is 0.840 bits per heavy atom. The van der Waals surface area contributed by atoms with Gasteiger partial charge in [0.2, 0.25) is 0 Å². The third-order valence-electron chi connectivity index (χ3n) is 4.80. The van der Waals surface area contributed by atoms with E-state index < -0.39 is 0 Å². The highest BCUT2D eigenvalue weighted by Gasteiger charge is 2.17. The van der Waals surface area contributed by atoms with Crippen LogP contribution >= 0.6 is 0 Å². The van der Waals surface area contributed by atoms with E-state index in [1.165, 1.54) is 59.9 Å². The van der Waals surface area contributed by atoms with Gasteiger partial charge in [0.15, 0.2) is 0 Å². The van der Waals surface area contributed by atoms with Crippen molar-refractivity contribution in [2.24, 2.45) is 0 Å². The molecule has 0 aliphatic rings. The summed E-state index contributed by atoms with van der Waals surface area (Å²) >= 11 is 0. The van der Waals surface area contributed by atoms with Crippen LogP contribution in [-0.4, -0.2) is 14.2 Å². The molecule has 0 N–H and O–H groups in total. The van der Waals surface area contributed by atoms with E-state index >= 15 is 0 Å². The lowest BCUT2D eigenvalue weighted by Crippen LogP contribution is -2.03. The largest absolute Gasteiger partial charge is 0.496 e. The lowest BCUT2D eigenvalue weighted by atomic mass is 9.94. The highest BCUT2D eigenvalue weighted by molar-refractivity contribution is 5.58. The van der Waals surface area contributed by atoms with Gasteiger partial charge in [0.05, 0.1) is 14.2 Å². The Labute approximate surface area is 156 Å². The van der Waals surface area contributed by atoms with Gasteiger partial charge in [-0.15, -0.1) is 0 Å². The summed E-state index contributed by atoms with van der Waals surface area (Å²) < 4.78 is 11.3. The first-order valence-corrected chi connectivity index (χ1v) is 9.84. The summed E-state index contributed by atoms with van der Waals surface area (Å²) in [6, 6.07) is 0. The second-order valence-corrected chi connectivity index (χ2v) is 6.49. The molecule has 0 saturated heterocycles. The lowest BCUT2D eigenvalue weighted by Gasteiger charge is -2.20. The fraction of sp³-hybridized carbons (Fsp3) is 0.652. The zero-order chi connectivity index (χ0) is 19.4. The first-order chi connectivity index (χ1) is 12.0. The van der Waals surface area contributed by atoms with Crippen molar-refractivity contribution in [1.82, 2.24) is 0 Å². The number of unbranched alkanes of at least 4 members (excludes halogenated alkanes) is 3. The van der Waals surface area contributed by atoms with Crippen LogP contribution in [0.15, 0.2) is 11.6 Å². The number of hydrogen-bond donors (Lipinski definition) is 0. The second-order valence-electron chi connectivity index (χ2n) is 6.49. The minimum absolute atomic E-state index is 0.909. The molecule has 0 aromatic heterocycles. The van der Waals surface area contributed by atoms with Gasteiger partial charge in [-0.1, -0.05) is 51.7 Å². The van der Waals surface area contributed by atoms with E-state index in [-0.39, 0.29) is 0 Å². The number of hydrogen-bond acceptors (Lipinski definition) is 2. The van der Waals surface area contributed by atoms with Gasteiger partial charge in [-0.2, -0.15) is 0 Å². The van der Waals surface area contributed by atoms with E-state index in [2.05, 4.69) is 40.7 Å². The summed E-state index contributed by atoms with van der Waals surface area (Å²) in [7, 11) is 3.51. The van der Waals surface area contributed by atoms with Gasteiger partial charge < -0.3 is 9.47 Å². The van der Waals surface area contributed by atoms with Crippen molar-refractivity contribution < 1.29 is 9.47 Å². The van der Waals surface area contributed by atoms with Crippen LogP contribution in [0.4, 0.5) is 0 Å². The van der Waals surface area contributed by atoms with Gasteiger partial charge in [0.25, 0.3) is 0 Å². The molecule has 0 amide bonds. The van der Waals surface area contributed by atoms with Crippen LogP contribution in [0.2, 0.25) is 0 Å². The minimum Gasteiger partial charge on any atom is -0.496 e. The van der Waals surface area contributed by atoms with Crippen LogP contribution in [0.3, 0.4) is 0 Å². The summed E-state index contributed by atoms with van der Waals surface area (Å²) in [4.78, 5) is 0. The standard InChI is InChI=1S/C21H34O2.C2H6/c1-8-9-10-11-12-15(2)13-14-19-18(5)20(22-6)16(3)17(4)21(19)23-7;1-2/h13H,8-12,14H2,1-7H3;1-2H3/b15-13+;. The molecule has 1 rings (SSSR count). The molecule has 144 valence electrons. The average Bonchev–Trinajstić information content (AvgIpc) is 2.62. The summed E-state index contributed by atoms with van der Waals surface area (Å²) in [6.45, 7) is 14.8. The molecule has 0 atom stereocenters. The number of benzene rings is 1. The fourth-order valence-electron chi connectivity index (χ4n) is 3.19. The molecule has 0 saturated carbocycles. The van der Waals surface area contributed by atoms with Crippen molar-refractivity contribution in [1.29, 1.82) is 0 Å². The molecule has 1 aromatic carbocycles. The van der Waals surface area contributed by atoms with Crippen molar-refractivity contribution >= 4 is 0 Å². The van der Waals surface area contributed by atoms with Crippen LogP contribution < -0.4 is 9.47 Å². The molecule has 0 unspecified atom stereocenters. The molecule has 1 aromatic rings. The molecule has 0 fully saturated rings. The summed E-state index contributed by atoms with van der Waals surface area (Å²) in [5.74, 6) is 2.00. The first-order valence-electron chi connectivity index (χ1n) is 9.84. The number of methoxy groups -OCH3 is 2. The van der Waals surface area contributed by atoms with E-state index in [0.29, 0.717) is 0 Å². The van der Waals surface area contributed by atoms with E-state index in [0.717, 1.165) is 17.9 Å². The molecule has 0 aliphatic heterocycles. The number of ether oxygens (including phenoxy) is 2. The highest BCUT2D eigenvalue weighted by Crippen LogP contribution is 2.38. The number of allylic oxidation sites excluding steroid dienone is 2. The molecule has 0 aliphatic carbocycles. The monoisotopic (exact) mass is 348 g/mol. The van der Waals surface area contributed by atoms with Crippen LogP contribution in [0.25, 0.3) is 0 Å². The van der Waals surface area contributed by atoms with Crippen molar-refractivity contribution in [3.63, 3.8) is 0 Å². The third kappa shape index (κ3) is 6.76. The molecule has 0 heterocycles. The van der Waals surface area contributed by atoms with Crippen molar-refractivity contribution in [2.45, 2.75) is 87.0 Å². The van der Waals surface area contributed by atoms with E-state index in [1.807, 2.05) is 13.8 Å². The van der Waals surface area contributed by atoms with Crippen LogP contribution in [-0.2, 0) is 6.42 Å². The van der Waals surface area contributed by atoms with E-state index in [4.69, 9.17) is 9.47 Å². The molecule has 0 bridgehead atoms. The minimum atomic E-state index is 0.909. The van der Waals surface area contributed by atoms with Crippen LogP contribution in [0.5, 0.6) is 11.5 Å². The van der Waals surface area contributed by atoms with Gasteiger partial charge in [0, 0.05) is 5.56 Å². The van der Waals surface area contributed by atoms with Crippen molar-refractivity contribution in [3.8, 4) is 11.5 Å². The molecule has 0 spiro atoms. The molecular weight excluding hydrogens is 308 g/mol. The zero-order valence-corrected chi connectivity index (χ0v) is 18.1. The zero-order valence-electron chi connectivity index (χ0n) is 18.1. The molecule has 2 heteroatoms. The first kappa shape index (κ1) is 23.6. The smallest absolute Gasteiger partial charge is 0.126 e. The molecule has 25 heavy (non-hydrogen) atoms. The summed E-state index contributed by atoms with van der Waals surface area (Å²) in [6.07, 6.45) is 9.72. The maximum atomic E-state index is 5.70. The number of rotatable bonds is 9. The molecule has 2 nitrogen and oxygen atoms in total. The van der Waals surface area contributed by atoms with Gasteiger partial charge in [-0.3, -0.25) is 0 Å². The topological polar surface area (TPSA) is 18.5 Å². The van der Waals surface area contributed by atoms with Gasteiger partial charge in [-0.25, -0.2) is 0 Å². The predicted molar refractivity (Wildman–Crippen MR) is 111 cm³/mol. The van der Waals surface area contributed by atoms with Crippen molar-refractivity contribution in [2.75, 3.05) is 14.2 Å². The Bertz CT molecular complexity index is 542. The quantitative estimate of drug-likeness (QED) is 0.349. The normalized spacial score (nSPS) is 11.0. The molecular formula is C23H40O2. The molecule has 0 radical (unpaired) electrons. The van der Waals surface area contributed by atoms with Gasteiger partial charge in [0.1, 0.15) is 11.5 Å². The maximum absolute atomic E-state index is 5.70. The SMILES string of the molecule is CC.CCCCCC/C(C)=C/Cc1c(C)c(OC)c(C)c(C)c1OC. The Balaban J connectivity index is 0.00000277. The van der Waals surface area contributed by atoms with Crippen LogP contribution in [0, 0.1) is 20.8 Å². The maximum Gasteiger partial charge on any atom is 0.126 e. The third-order valence-corrected chi connectivity index (χ3v) is 4.80. The van der Waals surface area contributed by atoms with Crippen LogP contribution in [0.1, 0.15) is 82.1 Å². The Hall–Kier alpha value is -1.44. The fourth-order valence-corrected chi connectivity index (χ4v) is 3.19. The Morgan fingerprint density at radius 3 is 1.92 bits per heavy atom. The summed E-state index contributed by atoms with van der Waals surface area (Å²) in [5.41, 5.74) is 6.27. The second kappa shape index (κ2) is 12.9. The highest BCUT2D eigenvalue weighted by atomic mass is 16.5. The van der Waals surface area contributed by atoms with E-state index in [9.17, 15) is 0 Å². The van der Waals surface area contributed by atoms with E-state index in [1.54, 1.807) is 14.2 Å². The summed E-state index contributed by atoms with van der Waals surface area (Å²) in [5, 5.41) is 0. The predicted octanol–water partition coefficient (Wildman–Crippen LogP) is 7.11. The lowest BCUT2D eigenvalue weighted by molar-refractivity contribution is 0.391. The Morgan fingerprint density at radius 2 is 1.40 bits per heavy atom. The Kier molecular flexibility index (Phi) is 12.1. The van der Waals surface area contributed by atoms with Crippen molar-refractivity contribution in [3.05, 3.63) is 33.9 Å². The average molecular weight is 349 g/mol. The van der Waals surface area contributed by atoms with Gasteiger partial charge >= 0.3 is 0 Å².